The molecule has 0 amide bonds. The van der Waals surface area contributed by atoms with E-state index in [1.807, 2.05) is 6.92 Å². The fourth-order valence-corrected chi connectivity index (χ4v) is 6.34. The number of rotatable bonds is 3. The third-order valence-corrected chi connectivity index (χ3v) is 7.66. The summed E-state index contributed by atoms with van der Waals surface area (Å²) in [6, 6.07) is 0.737. The third kappa shape index (κ3) is 2.30. The van der Waals surface area contributed by atoms with Crippen LogP contribution in [0.1, 0.15) is 31.7 Å². The first-order valence-corrected chi connectivity index (χ1v) is 9.35. The van der Waals surface area contributed by atoms with Gasteiger partial charge in [-0.1, -0.05) is 0 Å². The van der Waals surface area contributed by atoms with E-state index in [0.29, 0.717) is 10.3 Å². The maximum absolute atomic E-state index is 12.8. The van der Waals surface area contributed by atoms with E-state index in [4.69, 9.17) is 0 Å². The van der Waals surface area contributed by atoms with Gasteiger partial charge < -0.3 is 0 Å². The van der Waals surface area contributed by atoms with Crippen molar-refractivity contribution in [2.45, 2.75) is 55.9 Å². The van der Waals surface area contributed by atoms with Crippen molar-refractivity contribution in [1.29, 1.82) is 0 Å². The first-order valence-electron chi connectivity index (χ1n) is 7.09. The second-order valence-electron chi connectivity index (χ2n) is 5.97. The van der Waals surface area contributed by atoms with Gasteiger partial charge in [0.05, 0.1) is 11.2 Å². The van der Waals surface area contributed by atoms with Crippen LogP contribution in [0.5, 0.6) is 0 Å². The summed E-state index contributed by atoms with van der Waals surface area (Å²) in [7, 11) is -3.36. The van der Waals surface area contributed by atoms with Gasteiger partial charge in [0.1, 0.15) is 0 Å². The minimum Gasteiger partial charge on any atom is -0.298 e. The number of hydrogen-bond donors (Lipinski definition) is 0. The molecule has 2 aliphatic heterocycles. The van der Waals surface area contributed by atoms with Crippen LogP contribution in [0.15, 0.2) is 10.4 Å². The van der Waals surface area contributed by atoms with Gasteiger partial charge in [0.25, 0.3) is 10.0 Å². The van der Waals surface area contributed by atoms with E-state index in [9.17, 15) is 8.42 Å². The van der Waals surface area contributed by atoms with Crippen LogP contribution in [0, 0.1) is 6.92 Å². The number of aromatic nitrogens is 1. The Morgan fingerprint density at radius 1 is 1.30 bits per heavy atom. The molecule has 7 heteroatoms. The van der Waals surface area contributed by atoms with E-state index >= 15 is 0 Å². The summed E-state index contributed by atoms with van der Waals surface area (Å²) in [6.45, 7) is 7.90. The number of likely N-dealkylation sites (tertiary alicyclic amines) is 1. The molecule has 0 radical (unpaired) electrons. The number of sulfonamides is 1. The molecule has 0 saturated carbocycles. The highest BCUT2D eigenvalue weighted by atomic mass is 32.2. The molecule has 2 unspecified atom stereocenters. The number of hydrogen-bond acceptors (Lipinski definition) is 5. The summed E-state index contributed by atoms with van der Waals surface area (Å²) in [4.78, 5) is 6.49. The van der Waals surface area contributed by atoms with Crippen molar-refractivity contribution in [3.8, 4) is 0 Å². The van der Waals surface area contributed by atoms with Crippen molar-refractivity contribution >= 4 is 21.4 Å². The predicted molar refractivity (Wildman–Crippen MR) is 79.4 cm³/mol. The van der Waals surface area contributed by atoms with E-state index in [-0.39, 0.29) is 12.1 Å². The first-order chi connectivity index (χ1) is 9.39. The topological polar surface area (TPSA) is 53.5 Å². The zero-order chi connectivity index (χ0) is 14.5. The monoisotopic (exact) mass is 315 g/mol. The van der Waals surface area contributed by atoms with Gasteiger partial charge in [-0.15, -0.1) is 11.3 Å². The Labute approximate surface area is 124 Å². The fraction of sp³-hybridized carbons (Fsp3) is 0.769. The molecule has 20 heavy (non-hydrogen) atoms. The van der Waals surface area contributed by atoms with E-state index in [0.717, 1.165) is 30.9 Å². The molecular weight excluding hydrogens is 294 g/mol. The van der Waals surface area contributed by atoms with E-state index in [1.165, 1.54) is 17.5 Å². The average molecular weight is 315 g/mol. The summed E-state index contributed by atoms with van der Waals surface area (Å²) in [6.07, 6.45) is 3.46. The Morgan fingerprint density at radius 3 is 2.35 bits per heavy atom. The maximum Gasteiger partial charge on any atom is 0.254 e. The van der Waals surface area contributed by atoms with Crippen LogP contribution in [0.2, 0.25) is 0 Å². The van der Waals surface area contributed by atoms with Gasteiger partial charge in [-0.3, -0.25) is 4.90 Å². The SMILES string of the molecule is Cc1ncc(S(=O)(=O)N2C3CCC2CN(C(C)C)C3)s1. The van der Waals surface area contributed by atoms with Crippen LogP contribution in [0.25, 0.3) is 0 Å². The molecule has 2 bridgehead atoms. The fourth-order valence-electron chi connectivity index (χ4n) is 3.28. The smallest absolute Gasteiger partial charge is 0.254 e. The summed E-state index contributed by atoms with van der Waals surface area (Å²) >= 11 is 1.27. The zero-order valence-corrected chi connectivity index (χ0v) is 13.7. The second-order valence-corrected chi connectivity index (χ2v) is 9.27. The van der Waals surface area contributed by atoms with Gasteiger partial charge in [0, 0.05) is 31.2 Å². The van der Waals surface area contributed by atoms with Gasteiger partial charge >= 0.3 is 0 Å². The molecule has 3 rings (SSSR count). The molecule has 2 saturated heterocycles. The lowest BCUT2D eigenvalue weighted by Gasteiger charge is -2.41. The molecule has 112 valence electrons. The van der Waals surface area contributed by atoms with Crippen LogP contribution in [-0.2, 0) is 10.0 Å². The zero-order valence-electron chi connectivity index (χ0n) is 12.1. The lowest BCUT2D eigenvalue weighted by Crippen LogP contribution is -2.56. The first kappa shape index (κ1) is 14.4. The van der Waals surface area contributed by atoms with Crippen LogP contribution in [0.3, 0.4) is 0 Å². The molecule has 0 aromatic carbocycles. The Hall–Kier alpha value is -0.500. The molecule has 2 atom stereocenters. The molecule has 0 N–H and O–H groups in total. The molecule has 2 fully saturated rings. The van der Waals surface area contributed by atoms with Crippen molar-refractivity contribution in [2.24, 2.45) is 0 Å². The number of aryl methyl sites for hydroxylation is 1. The van der Waals surface area contributed by atoms with Crippen LogP contribution >= 0.6 is 11.3 Å². The molecule has 1 aromatic heterocycles. The van der Waals surface area contributed by atoms with Crippen LogP contribution < -0.4 is 0 Å². The number of fused-ring (bicyclic) bond motifs is 2. The summed E-state index contributed by atoms with van der Waals surface area (Å²) < 4.78 is 27.8. The maximum atomic E-state index is 12.8. The Kier molecular flexibility index (Phi) is 3.64. The van der Waals surface area contributed by atoms with Crippen molar-refractivity contribution in [3.05, 3.63) is 11.2 Å². The largest absolute Gasteiger partial charge is 0.298 e. The molecule has 0 spiro atoms. The standard InChI is InChI=1S/C13H21N3O2S2/c1-9(2)15-7-11-4-5-12(8-15)16(11)20(17,18)13-6-14-10(3)19-13/h6,9,11-12H,4-5,7-8H2,1-3H3. The Morgan fingerprint density at radius 2 is 1.90 bits per heavy atom. The molecule has 5 nitrogen and oxygen atoms in total. The summed E-state index contributed by atoms with van der Waals surface area (Å²) in [5.74, 6) is 0. The second kappa shape index (κ2) is 5.05. The van der Waals surface area contributed by atoms with Gasteiger partial charge in [-0.2, -0.15) is 4.31 Å². The van der Waals surface area contributed by atoms with E-state index in [2.05, 4.69) is 23.7 Å². The van der Waals surface area contributed by atoms with Crippen LogP contribution in [-0.4, -0.2) is 53.8 Å². The van der Waals surface area contributed by atoms with Crippen molar-refractivity contribution < 1.29 is 8.42 Å². The highest BCUT2D eigenvalue weighted by molar-refractivity contribution is 7.91. The molecule has 0 aliphatic carbocycles. The van der Waals surface area contributed by atoms with E-state index < -0.39 is 10.0 Å². The highest BCUT2D eigenvalue weighted by Gasteiger charge is 2.47. The van der Waals surface area contributed by atoms with Gasteiger partial charge in [-0.05, 0) is 33.6 Å². The Bertz CT molecular complexity index is 583. The molecule has 2 aliphatic rings. The minimum absolute atomic E-state index is 0.128. The summed E-state index contributed by atoms with van der Waals surface area (Å²) in [5, 5.41) is 0.803. The molecular formula is C13H21N3O2S2. The van der Waals surface area contributed by atoms with Crippen molar-refractivity contribution in [2.75, 3.05) is 13.1 Å². The normalized spacial score (nSPS) is 28.4. The predicted octanol–water partition coefficient (Wildman–Crippen LogP) is 1.70. The van der Waals surface area contributed by atoms with Gasteiger partial charge in [-0.25, -0.2) is 13.4 Å². The van der Waals surface area contributed by atoms with E-state index in [1.54, 1.807) is 4.31 Å². The van der Waals surface area contributed by atoms with Gasteiger partial charge in [0.2, 0.25) is 0 Å². The molecule has 1 aromatic rings. The summed E-state index contributed by atoms with van der Waals surface area (Å²) in [5.41, 5.74) is 0. The average Bonchev–Trinajstić information content (AvgIpc) is 2.92. The quantitative estimate of drug-likeness (QED) is 0.852. The lowest BCUT2D eigenvalue weighted by molar-refractivity contribution is 0.103. The minimum atomic E-state index is -3.36. The number of nitrogens with zero attached hydrogens (tertiary/aromatic N) is 3. The highest BCUT2D eigenvalue weighted by Crippen LogP contribution is 2.37. The Balaban J connectivity index is 1.89. The van der Waals surface area contributed by atoms with Crippen molar-refractivity contribution in [3.63, 3.8) is 0 Å². The van der Waals surface area contributed by atoms with Crippen LogP contribution in [0.4, 0.5) is 0 Å². The third-order valence-electron chi connectivity index (χ3n) is 4.31. The molecule has 3 heterocycles. The number of piperazine rings is 1. The van der Waals surface area contributed by atoms with Crippen molar-refractivity contribution in [1.82, 2.24) is 14.2 Å². The number of thiazole rings is 1. The lowest BCUT2D eigenvalue weighted by atomic mass is 10.2. The van der Waals surface area contributed by atoms with Gasteiger partial charge in [0.15, 0.2) is 4.21 Å².